The van der Waals surface area contributed by atoms with Crippen molar-refractivity contribution in [2.24, 2.45) is 11.8 Å². The fraction of sp³-hybridized carbons (Fsp3) is 0.625. The summed E-state index contributed by atoms with van der Waals surface area (Å²) in [6.45, 7) is 2.18. The molecule has 3 amide bonds. The van der Waals surface area contributed by atoms with Crippen LogP contribution in [0.1, 0.15) is 63.0 Å². The van der Waals surface area contributed by atoms with Gasteiger partial charge in [-0.1, -0.05) is 18.9 Å². The van der Waals surface area contributed by atoms with Gasteiger partial charge in [-0.25, -0.2) is 0 Å². The highest BCUT2D eigenvalue weighted by Gasteiger charge is 2.48. The second-order valence-corrected chi connectivity index (χ2v) is 9.08. The number of carbonyl (C=O) groups excluding carboxylic acids is 3. The SMILES string of the molecule is O=C1[C@H]2CCCC[C@@H]2C(=O)N1CCC(=O)N1CCC[C@@H]1c1ccc2c(c1)OCCCO2. The Morgan fingerprint density at radius 1 is 0.903 bits per heavy atom. The van der Waals surface area contributed by atoms with Crippen LogP contribution in [0.15, 0.2) is 18.2 Å². The van der Waals surface area contributed by atoms with Crippen LogP contribution in [0.2, 0.25) is 0 Å². The summed E-state index contributed by atoms with van der Waals surface area (Å²) in [6, 6.07) is 5.94. The number of benzene rings is 1. The molecule has 1 aromatic rings. The second-order valence-electron chi connectivity index (χ2n) is 9.08. The van der Waals surface area contributed by atoms with Crippen LogP contribution in [0, 0.1) is 11.8 Å². The van der Waals surface area contributed by atoms with Crippen LogP contribution < -0.4 is 9.47 Å². The number of carbonyl (C=O) groups is 3. The molecule has 0 spiro atoms. The predicted octanol–water partition coefficient (Wildman–Crippen LogP) is 3.08. The van der Waals surface area contributed by atoms with E-state index >= 15 is 0 Å². The topological polar surface area (TPSA) is 76.2 Å². The number of amides is 3. The van der Waals surface area contributed by atoms with E-state index in [1.165, 1.54) is 4.90 Å². The average molecular weight is 427 g/mol. The molecule has 1 aromatic carbocycles. The zero-order valence-electron chi connectivity index (χ0n) is 17.9. The van der Waals surface area contributed by atoms with Crippen molar-refractivity contribution in [3.8, 4) is 11.5 Å². The van der Waals surface area contributed by atoms with Crippen LogP contribution in [0.5, 0.6) is 11.5 Å². The summed E-state index contributed by atoms with van der Waals surface area (Å²) >= 11 is 0. The maximum Gasteiger partial charge on any atom is 0.233 e. The molecule has 1 saturated carbocycles. The number of likely N-dealkylation sites (tertiary alicyclic amines) is 2. The van der Waals surface area contributed by atoms with Gasteiger partial charge in [0.05, 0.1) is 31.1 Å². The molecule has 3 heterocycles. The van der Waals surface area contributed by atoms with E-state index in [2.05, 4.69) is 0 Å². The van der Waals surface area contributed by atoms with Gasteiger partial charge in [0.25, 0.3) is 0 Å². The van der Waals surface area contributed by atoms with Crippen LogP contribution in [0.3, 0.4) is 0 Å². The Hall–Kier alpha value is -2.57. The highest BCUT2D eigenvalue weighted by Crippen LogP contribution is 2.40. The van der Waals surface area contributed by atoms with Gasteiger partial charge in [0.2, 0.25) is 17.7 Å². The third-order valence-corrected chi connectivity index (χ3v) is 7.21. The minimum Gasteiger partial charge on any atom is -0.490 e. The lowest BCUT2D eigenvalue weighted by atomic mass is 9.81. The molecular weight excluding hydrogens is 396 g/mol. The van der Waals surface area contributed by atoms with Crippen molar-refractivity contribution in [1.29, 1.82) is 0 Å². The molecule has 3 fully saturated rings. The number of rotatable bonds is 4. The van der Waals surface area contributed by atoms with Gasteiger partial charge in [0.1, 0.15) is 0 Å². The fourth-order valence-electron chi connectivity index (χ4n) is 5.60. The summed E-state index contributed by atoms with van der Waals surface area (Å²) in [4.78, 5) is 41.7. The number of hydrogen-bond acceptors (Lipinski definition) is 5. The Morgan fingerprint density at radius 2 is 1.61 bits per heavy atom. The van der Waals surface area contributed by atoms with Crippen molar-refractivity contribution in [3.05, 3.63) is 23.8 Å². The molecule has 0 bridgehead atoms. The Labute approximate surface area is 182 Å². The number of fused-ring (bicyclic) bond motifs is 2. The van der Waals surface area contributed by atoms with Crippen LogP contribution in [0.4, 0.5) is 0 Å². The molecule has 5 rings (SSSR count). The van der Waals surface area contributed by atoms with Gasteiger partial charge in [-0.15, -0.1) is 0 Å². The van der Waals surface area contributed by atoms with Crippen molar-refractivity contribution in [3.63, 3.8) is 0 Å². The molecule has 2 saturated heterocycles. The smallest absolute Gasteiger partial charge is 0.233 e. The second kappa shape index (κ2) is 8.52. The lowest BCUT2D eigenvalue weighted by molar-refractivity contribution is -0.141. The van der Waals surface area contributed by atoms with E-state index in [0.717, 1.165) is 62.0 Å². The summed E-state index contributed by atoms with van der Waals surface area (Å²) < 4.78 is 11.5. The molecule has 3 aliphatic heterocycles. The Balaban J connectivity index is 1.25. The molecule has 0 radical (unpaired) electrons. The molecule has 4 aliphatic rings. The van der Waals surface area contributed by atoms with E-state index in [0.29, 0.717) is 19.8 Å². The number of ether oxygens (including phenoxy) is 2. The van der Waals surface area contributed by atoms with Gasteiger partial charge in [-0.2, -0.15) is 0 Å². The lowest BCUT2D eigenvalue weighted by Crippen LogP contribution is -2.37. The van der Waals surface area contributed by atoms with Gasteiger partial charge >= 0.3 is 0 Å². The summed E-state index contributed by atoms with van der Waals surface area (Å²) in [5, 5.41) is 0. The van der Waals surface area contributed by atoms with E-state index < -0.39 is 0 Å². The predicted molar refractivity (Wildman–Crippen MR) is 113 cm³/mol. The fourth-order valence-corrected chi connectivity index (χ4v) is 5.60. The lowest BCUT2D eigenvalue weighted by Gasteiger charge is -2.26. The number of imide groups is 1. The molecule has 0 unspecified atom stereocenters. The number of nitrogens with zero attached hydrogens (tertiary/aromatic N) is 2. The first-order valence-corrected chi connectivity index (χ1v) is 11.7. The molecule has 0 N–H and O–H groups in total. The van der Waals surface area contributed by atoms with Crippen molar-refractivity contribution in [2.45, 2.75) is 57.4 Å². The van der Waals surface area contributed by atoms with Gasteiger partial charge in [0.15, 0.2) is 11.5 Å². The van der Waals surface area contributed by atoms with Gasteiger partial charge in [-0.05, 0) is 43.4 Å². The van der Waals surface area contributed by atoms with Crippen molar-refractivity contribution < 1.29 is 23.9 Å². The molecule has 166 valence electrons. The monoisotopic (exact) mass is 426 g/mol. The van der Waals surface area contributed by atoms with Crippen LogP contribution in [-0.4, -0.2) is 53.8 Å². The first-order chi connectivity index (χ1) is 15.1. The van der Waals surface area contributed by atoms with Crippen molar-refractivity contribution in [1.82, 2.24) is 9.80 Å². The van der Waals surface area contributed by atoms with Crippen LogP contribution >= 0.6 is 0 Å². The van der Waals surface area contributed by atoms with Gasteiger partial charge in [-0.3, -0.25) is 19.3 Å². The Kier molecular flexibility index (Phi) is 5.59. The average Bonchev–Trinajstić information content (AvgIpc) is 3.28. The third-order valence-electron chi connectivity index (χ3n) is 7.21. The highest BCUT2D eigenvalue weighted by molar-refractivity contribution is 6.05. The third kappa shape index (κ3) is 3.79. The summed E-state index contributed by atoms with van der Waals surface area (Å²) in [6.07, 6.45) is 6.52. The molecule has 31 heavy (non-hydrogen) atoms. The van der Waals surface area contributed by atoms with Crippen LogP contribution in [-0.2, 0) is 14.4 Å². The minimum atomic E-state index is -0.155. The molecular formula is C24H30N2O5. The van der Waals surface area contributed by atoms with Crippen molar-refractivity contribution >= 4 is 17.7 Å². The largest absolute Gasteiger partial charge is 0.490 e. The first-order valence-electron chi connectivity index (χ1n) is 11.7. The highest BCUT2D eigenvalue weighted by atomic mass is 16.5. The van der Waals surface area contributed by atoms with E-state index in [-0.39, 0.29) is 48.6 Å². The van der Waals surface area contributed by atoms with E-state index in [1.54, 1.807) is 0 Å². The maximum absolute atomic E-state index is 13.1. The van der Waals surface area contributed by atoms with Crippen LogP contribution in [0.25, 0.3) is 0 Å². The molecule has 7 nitrogen and oxygen atoms in total. The van der Waals surface area contributed by atoms with Crippen molar-refractivity contribution in [2.75, 3.05) is 26.3 Å². The normalized spacial score (nSPS) is 27.9. The zero-order chi connectivity index (χ0) is 21.4. The summed E-state index contributed by atoms with van der Waals surface area (Å²) in [5.41, 5.74) is 1.05. The molecule has 1 aliphatic carbocycles. The standard InChI is InChI=1S/C24H30N2O5/c27-22(10-12-26-23(28)17-5-1-2-6-18(17)24(26)29)25-11-3-7-19(25)16-8-9-20-21(15-16)31-14-4-13-30-20/h8-9,15,17-19H,1-7,10-14H2/t17-,18-,19+/m0/s1. The maximum atomic E-state index is 13.1. The van der Waals surface area contributed by atoms with E-state index in [4.69, 9.17) is 9.47 Å². The summed E-state index contributed by atoms with van der Waals surface area (Å²) in [7, 11) is 0. The number of hydrogen-bond donors (Lipinski definition) is 0. The van der Waals surface area contributed by atoms with E-state index in [1.807, 2.05) is 23.1 Å². The first kappa shape index (κ1) is 20.3. The Morgan fingerprint density at radius 3 is 2.35 bits per heavy atom. The summed E-state index contributed by atoms with van der Waals surface area (Å²) in [5.74, 6) is 1.06. The van der Waals surface area contributed by atoms with Gasteiger partial charge < -0.3 is 14.4 Å². The quantitative estimate of drug-likeness (QED) is 0.692. The Bertz CT molecular complexity index is 861. The molecule has 0 aromatic heterocycles. The zero-order valence-corrected chi connectivity index (χ0v) is 17.9. The minimum absolute atomic E-state index is 0.00258. The van der Waals surface area contributed by atoms with E-state index in [9.17, 15) is 14.4 Å². The molecule has 3 atom stereocenters. The molecule has 7 heteroatoms. The van der Waals surface area contributed by atoms with Gasteiger partial charge in [0, 0.05) is 25.9 Å².